The van der Waals surface area contributed by atoms with E-state index in [1.807, 2.05) is 6.92 Å². The number of aromatic amines is 2. The molecule has 8 rings (SSSR count). The summed E-state index contributed by atoms with van der Waals surface area (Å²) in [5.74, 6) is -0.956. The van der Waals surface area contributed by atoms with Gasteiger partial charge in [0.1, 0.15) is 0 Å². The zero-order valence-electron chi connectivity index (χ0n) is 31.9. The van der Waals surface area contributed by atoms with E-state index in [0.717, 1.165) is 105 Å². The fourth-order valence-electron chi connectivity index (χ4n) is 10.1. The Hall–Kier alpha value is -3.79. The van der Waals surface area contributed by atoms with Crippen LogP contribution in [0.15, 0.2) is 18.2 Å². The van der Waals surface area contributed by atoms with Crippen molar-refractivity contribution >= 4 is 39.2 Å². The van der Waals surface area contributed by atoms with E-state index in [4.69, 9.17) is 24.2 Å². The number of ether oxygens (including phenoxy) is 3. The lowest BCUT2D eigenvalue weighted by molar-refractivity contribution is -0.140. The van der Waals surface area contributed by atoms with Crippen molar-refractivity contribution in [2.75, 3.05) is 20.3 Å². The van der Waals surface area contributed by atoms with Crippen LogP contribution in [-0.4, -0.2) is 57.1 Å². The largest absolute Gasteiger partial charge is 0.469 e. The van der Waals surface area contributed by atoms with E-state index >= 15 is 0 Å². The number of aryl methyl sites for hydroxylation is 3. The molecule has 1 unspecified atom stereocenters. The Bertz CT molecular complexity index is 2120. The van der Waals surface area contributed by atoms with Crippen LogP contribution in [0.5, 0.6) is 0 Å². The molecule has 6 heterocycles. The van der Waals surface area contributed by atoms with Gasteiger partial charge in [0.15, 0.2) is 0 Å². The standard InChI is InChI=1S/C43H54N4O5/c1-8-28-23(2)31-21-36-38(42(6,49)27-13-11-9-10-12-14-27)25(4)33(45-36)19-32-24(3)29(15-16-37(48)50-7)40(46-32)30-22-43(51-17-18-52-43)39-26(5)34(47-41(30)39)20-35(28)44-31/h19-21,24,27,29,44-45,49H,8-18,22H2,1-7H3/t24-,29-,42?/m0/s1. The first kappa shape index (κ1) is 35.3. The molecule has 3 aliphatic heterocycles. The molecule has 9 heteroatoms. The van der Waals surface area contributed by atoms with Gasteiger partial charge < -0.3 is 29.3 Å². The van der Waals surface area contributed by atoms with Gasteiger partial charge in [-0.25, -0.2) is 4.98 Å². The van der Waals surface area contributed by atoms with Crippen molar-refractivity contribution in [2.45, 2.75) is 129 Å². The number of H-pyrrole nitrogens is 2. The average Bonchev–Trinajstić information content (AvgIpc) is 3.92. The first-order valence-corrected chi connectivity index (χ1v) is 19.5. The normalized spacial score (nSPS) is 22.6. The summed E-state index contributed by atoms with van der Waals surface area (Å²) < 4.78 is 18.0. The number of hydrogen-bond acceptors (Lipinski definition) is 7. The molecule has 3 aromatic heterocycles. The Kier molecular flexibility index (Phi) is 8.99. The van der Waals surface area contributed by atoms with E-state index in [-0.39, 0.29) is 23.7 Å². The molecule has 3 N–H and O–H groups in total. The van der Waals surface area contributed by atoms with Gasteiger partial charge in [-0.1, -0.05) is 39.5 Å². The van der Waals surface area contributed by atoms with Gasteiger partial charge in [-0.2, -0.15) is 0 Å². The maximum Gasteiger partial charge on any atom is 0.305 e. The topological polar surface area (TPSA) is 122 Å². The summed E-state index contributed by atoms with van der Waals surface area (Å²) in [5.41, 5.74) is 14.1. The third-order valence-corrected chi connectivity index (χ3v) is 13.1. The van der Waals surface area contributed by atoms with Gasteiger partial charge in [-0.05, 0) is 99.8 Å². The van der Waals surface area contributed by atoms with Gasteiger partial charge in [0, 0.05) is 69.1 Å². The summed E-state index contributed by atoms with van der Waals surface area (Å²) in [6.07, 6.45) is 9.07. The smallest absolute Gasteiger partial charge is 0.305 e. The number of rotatable bonds is 6. The minimum atomic E-state index is -1.02. The maximum atomic E-state index is 12.6. The number of fused-ring (bicyclic) bond motifs is 9. The summed E-state index contributed by atoms with van der Waals surface area (Å²) >= 11 is 0. The Morgan fingerprint density at radius 3 is 2.37 bits per heavy atom. The lowest BCUT2D eigenvalue weighted by Gasteiger charge is -2.33. The van der Waals surface area contributed by atoms with Crippen LogP contribution < -0.4 is 0 Å². The van der Waals surface area contributed by atoms with Gasteiger partial charge in [0.2, 0.25) is 5.79 Å². The molecule has 1 saturated carbocycles. The van der Waals surface area contributed by atoms with Crippen LogP contribution in [0, 0.1) is 19.8 Å². The molecule has 1 spiro atoms. The highest BCUT2D eigenvalue weighted by Gasteiger charge is 2.52. The van der Waals surface area contributed by atoms with Gasteiger partial charge in [-0.3, -0.25) is 9.78 Å². The van der Waals surface area contributed by atoms with Crippen molar-refractivity contribution in [3.63, 3.8) is 0 Å². The number of nitrogens with zero attached hydrogens (tertiary/aromatic N) is 2. The molecule has 3 aromatic rings. The Balaban J connectivity index is 1.46. The molecule has 3 atom stereocenters. The summed E-state index contributed by atoms with van der Waals surface area (Å²) in [5, 5.41) is 12.6. The molecule has 0 radical (unpaired) electrons. The predicted octanol–water partition coefficient (Wildman–Crippen LogP) is 8.74. The quantitative estimate of drug-likeness (QED) is 0.173. The lowest BCUT2D eigenvalue weighted by atomic mass is 9.77. The van der Waals surface area contributed by atoms with Gasteiger partial charge in [0.05, 0.1) is 43.0 Å². The van der Waals surface area contributed by atoms with Crippen LogP contribution in [-0.2, 0) is 37.4 Å². The fourth-order valence-corrected chi connectivity index (χ4v) is 10.1. The van der Waals surface area contributed by atoms with E-state index in [2.05, 4.69) is 62.8 Å². The van der Waals surface area contributed by atoms with Gasteiger partial charge in [0.25, 0.3) is 0 Å². The highest BCUT2D eigenvalue weighted by atomic mass is 16.7. The lowest BCUT2D eigenvalue weighted by Crippen LogP contribution is -2.32. The van der Waals surface area contributed by atoms with Gasteiger partial charge >= 0.3 is 5.97 Å². The molecule has 0 aromatic carbocycles. The number of nitrogens with one attached hydrogen (secondary N) is 2. The zero-order chi connectivity index (χ0) is 36.5. The number of aromatic nitrogens is 4. The monoisotopic (exact) mass is 706 g/mol. The molecule has 5 aliphatic rings. The molecule has 2 aliphatic carbocycles. The molecule has 52 heavy (non-hydrogen) atoms. The van der Waals surface area contributed by atoms with E-state index < -0.39 is 11.4 Å². The highest BCUT2D eigenvalue weighted by molar-refractivity contribution is 5.98. The number of allylic oxidation sites excluding steroid dienone is 1. The summed E-state index contributed by atoms with van der Waals surface area (Å²) in [4.78, 5) is 30.9. The van der Waals surface area contributed by atoms with Crippen molar-refractivity contribution in [1.29, 1.82) is 0 Å². The van der Waals surface area contributed by atoms with Crippen molar-refractivity contribution in [3.8, 4) is 0 Å². The van der Waals surface area contributed by atoms with E-state index in [1.54, 1.807) is 0 Å². The first-order valence-electron chi connectivity index (χ1n) is 19.5. The molecular weight excluding hydrogens is 652 g/mol. The molecule has 276 valence electrons. The molecular formula is C43H54N4O5. The third-order valence-electron chi connectivity index (χ3n) is 13.1. The van der Waals surface area contributed by atoms with Crippen LogP contribution in [0.2, 0.25) is 0 Å². The molecule has 8 bridgehead atoms. The van der Waals surface area contributed by atoms with Crippen LogP contribution in [0.25, 0.3) is 33.2 Å². The van der Waals surface area contributed by atoms with Crippen LogP contribution in [0.3, 0.4) is 0 Å². The number of esters is 1. The third kappa shape index (κ3) is 5.57. The Morgan fingerprint density at radius 2 is 1.67 bits per heavy atom. The summed E-state index contributed by atoms with van der Waals surface area (Å²) in [7, 11) is 1.45. The number of carbonyl (C=O) groups excluding carboxylic acids is 1. The molecule has 1 saturated heterocycles. The van der Waals surface area contributed by atoms with E-state index in [1.165, 1.54) is 31.1 Å². The average molecular weight is 707 g/mol. The maximum absolute atomic E-state index is 12.6. The van der Waals surface area contributed by atoms with Crippen LogP contribution >= 0.6 is 0 Å². The number of carbonyl (C=O) groups is 1. The van der Waals surface area contributed by atoms with Crippen LogP contribution in [0.4, 0.5) is 0 Å². The molecule has 2 fully saturated rings. The highest BCUT2D eigenvalue weighted by Crippen LogP contribution is 2.53. The second-order valence-electron chi connectivity index (χ2n) is 16.0. The second kappa shape index (κ2) is 13.3. The fraction of sp³-hybridized carbons (Fsp3) is 0.558. The van der Waals surface area contributed by atoms with Crippen molar-refractivity contribution < 1.29 is 24.1 Å². The number of aliphatic hydroxyl groups is 1. The number of hydrogen-bond donors (Lipinski definition) is 3. The number of methoxy groups -OCH3 is 1. The summed E-state index contributed by atoms with van der Waals surface area (Å²) in [6, 6.07) is 6.55. The molecule has 9 nitrogen and oxygen atoms in total. The van der Waals surface area contributed by atoms with E-state index in [9.17, 15) is 9.90 Å². The van der Waals surface area contributed by atoms with E-state index in [0.29, 0.717) is 32.5 Å². The van der Waals surface area contributed by atoms with Gasteiger partial charge in [-0.15, -0.1) is 0 Å². The zero-order valence-corrected chi connectivity index (χ0v) is 31.9. The minimum Gasteiger partial charge on any atom is -0.469 e. The first-order chi connectivity index (χ1) is 25.0. The summed E-state index contributed by atoms with van der Waals surface area (Å²) in [6.45, 7) is 13.9. The molecule has 0 amide bonds. The Morgan fingerprint density at radius 1 is 0.981 bits per heavy atom. The minimum absolute atomic E-state index is 0.0243. The SMILES string of the molecule is CCc1c(C)c2cc3[nH]c(cc4nc(c5c6nc(cc1[nH]2)C(C)=C6C1(C5)OCCO1)[C@@H](CCC(=O)OC)[C@@H]4C)c(C)c3C(C)(O)C1CCCCCC1. The predicted molar refractivity (Wildman–Crippen MR) is 204 cm³/mol. The van der Waals surface area contributed by atoms with Crippen molar-refractivity contribution in [3.05, 3.63) is 68.8 Å². The van der Waals surface area contributed by atoms with Crippen molar-refractivity contribution in [1.82, 2.24) is 19.9 Å². The van der Waals surface area contributed by atoms with Crippen molar-refractivity contribution in [2.24, 2.45) is 5.92 Å². The van der Waals surface area contributed by atoms with Crippen LogP contribution in [0.1, 0.15) is 141 Å². The Labute approximate surface area is 306 Å². The second-order valence-corrected chi connectivity index (χ2v) is 16.0.